The number of hydrogen-bond acceptors (Lipinski definition) is 5. The van der Waals surface area contributed by atoms with E-state index < -0.39 is 25.0 Å². The van der Waals surface area contributed by atoms with Gasteiger partial charge in [-0.15, -0.1) is 6.58 Å². The average molecular weight is 725 g/mol. The van der Waals surface area contributed by atoms with E-state index in [1.807, 2.05) is 6.08 Å². The molecule has 0 saturated carbocycles. The van der Waals surface area contributed by atoms with Gasteiger partial charge >= 0.3 is 0 Å². The smallest absolute Gasteiger partial charge is 0.261 e. The number of epoxide rings is 2. The van der Waals surface area contributed by atoms with E-state index in [4.69, 9.17) is 22.8 Å². The van der Waals surface area contributed by atoms with E-state index >= 15 is 0 Å². The minimum atomic E-state index is -2.65. The second-order valence-electron chi connectivity index (χ2n) is 18.9. The van der Waals surface area contributed by atoms with Crippen molar-refractivity contribution in [1.29, 1.82) is 0 Å². The minimum Gasteiger partial charge on any atom is -0.414 e. The SMILES string of the molecule is C=CC[C@H](O[Si](C)(C)C(C)(C)C)[C@H]1O[C@@H]1[C@H]1O[C@]1(C)C[C@@H](CCO[Si](c1ccccc1)(c1ccccc1)C(C)(C)C)O[Si](C)(C)C(C)(C)C. The van der Waals surface area contributed by atoms with Gasteiger partial charge in [-0.05, 0) is 71.4 Å². The van der Waals surface area contributed by atoms with E-state index in [1.165, 1.54) is 10.4 Å². The Labute approximate surface area is 302 Å². The van der Waals surface area contributed by atoms with Crippen LogP contribution in [0, 0.1) is 0 Å². The zero-order valence-electron chi connectivity index (χ0n) is 33.3. The maximum atomic E-state index is 7.35. The van der Waals surface area contributed by atoms with Gasteiger partial charge in [-0.25, -0.2) is 0 Å². The third-order valence-corrected chi connectivity index (χ3v) is 26.0. The van der Waals surface area contributed by atoms with Gasteiger partial charge in [0.2, 0.25) is 0 Å². The van der Waals surface area contributed by atoms with Crippen LogP contribution in [-0.4, -0.2) is 67.7 Å². The standard InChI is InChI=1S/C41H68O5Si3/c1-16-23-34(46-48(14,15)39(5,6)7)35-36(43-35)37-41(11,44-37)30-31(45-47(12,13)38(2,3)4)28-29-42-49(40(8,9)10,32-24-19-17-20-25-32)33-26-21-18-22-27-33/h16-22,24-27,31,34-37H,1,23,28-30H2,2-15H3/t31-,34+,35-,36+,37-,41-/m1/s1. The lowest BCUT2D eigenvalue weighted by atomic mass is 9.95. The van der Waals surface area contributed by atoms with Crippen LogP contribution in [0.1, 0.15) is 88.5 Å². The van der Waals surface area contributed by atoms with E-state index in [9.17, 15) is 0 Å². The summed E-state index contributed by atoms with van der Waals surface area (Å²) < 4.78 is 34.4. The highest BCUT2D eigenvalue weighted by Crippen LogP contribution is 2.52. The molecule has 0 spiro atoms. The van der Waals surface area contributed by atoms with Gasteiger partial charge in [-0.2, -0.15) is 0 Å². The van der Waals surface area contributed by atoms with E-state index in [-0.39, 0.29) is 51.2 Å². The summed E-state index contributed by atoms with van der Waals surface area (Å²) in [4.78, 5) is 0. The predicted octanol–water partition coefficient (Wildman–Crippen LogP) is 9.63. The largest absolute Gasteiger partial charge is 0.414 e. The Bertz CT molecular complexity index is 1340. The summed E-state index contributed by atoms with van der Waals surface area (Å²) in [6.07, 6.45) is 4.53. The molecule has 2 aromatic carbocycles. The lowest BCUT2D eigenvalue weighted by Gasteiger charge is -2.44. The number of rotatable bonds is 16. The Kier molecular flexibility index (Phi) is 12.0. The van der Waals surface area contributed by atoms with Gasteiger partial charge in [0.05, 0.1) is 17.8 Å². The molecule has 2 aliphatic heterocycles. The molecule has 0 aliphatic carbocycles. The lowest BCUT2D eigenvalue weighted by Crippen LogP contribution is -2.66. The second-order valence-corrected chi connectivity index (χ2v) is 32.7. The van der Waals surface area contributed by atoms with Crippen LogP contribution >= 0.6 is 0 Å². The van der Waals surface area contributed by atoms with Gasteiger partial charge in [-0.3, -0.25) is 0 Å². The van der Waals surface area contributed by atoms with Gasteiger partial charge < -0.3 is 22.8 Å². The molecule has 8 heteroatoms. The summed E-state index contributed by atoms with van der Waals surface area (Å²) in [5.74, 6) is 0. The van der Waals surface area contributed by atoms with E-state index in [1.54, 1.807) is 0 Å². The van der Waals surface area contributed by atoms with Gasteiger partial charge in [0.1, 0.15) is 18.3 Å². The van der Waals surface area contributed by atoms with Crippen molar-refractivity contribution in [3.05, 3.63) is 73.3 Å². The van der Waals surface area contributed by atoms with Crippen molar-refractivity contribution in [2.24, 2.45) is 0 Å². The highest BCUT2D eigenvalue weighted by atomic mass is 28.4. The summed E-state index contributed by atoms with van der Waals surface area (Å²) in [6, 6.07) is 21.8. The summed E-state index contributed by atoms with van der Waals surface area (Å²) in [5.41, 5.74) is -0.306. The summed E-state index contributed by atoms with van der Waals surface area (Å²) in [6.45, 7) is 37.1. The van der Waals surface area contributed by atoms with Crippen molar-refractivity contribution in [3.63, 3.8) is 0 Å². The summed E-state index contributed by atoms with van der Waals surface area (Å²) in [7, 11) is -6.70. The van der Waals surface area contributed by atoms with Crippen molar-refractivity contribution in [2.75, 3.05) is 6.61 Å². The Hall–Kier alpha value is -1.37. The highest BCUT2D eigenvalue weighted by molar-refractivity contribution is 6.99. The normalized spacial score (nSPS) is 24.7. The summed E-state index contributed by atoms with van der Waals surface area (Å²) >= 11 is 0. The quantitative estimate of drug-likeness (QED) is 0.0981. The molecule has 2 fully saturated rings. The fourth-order valence-electron chi connectivity index (χ4n) is 6.84. The molecule has 6 atom stereocenters. The van der Waals surface area contributed by atoms with Gasteiger partial charge in [-0.1, -0.05) is 129 Å². The Morgan fingerprint density at radius 1 is 0.776 bits per heavy atom. The molecular formula is C41H68O5Si3. The first kappa shape index (κ1) is 40.4. The van der Waals surface area contributed by atoms with Crippen molar-refractivity contribution in [3.8, 4) is 0 Å². The molecule has 0 bridgehead atoms. The van der Waals surface area contributed by atoms with Crippen LogP contribution in [0.5, 0.6) is 0 Å². The summed E-state index contributed by atoms with van der Waals surface area (Å²) in [5, 5.41) is 2.76. The first-order chi connectivity index (χ1) is 22.5. The van der Waals surface area contributed by atoms with Crippen LogP contribution in [0.2, 0.25) is 41.3 Å². The molecule has 2 heterocycles. The fraction of sp³-hybridized carbons (Fsp3) is 0.659. The molecule has 2 aliphatic rings. The van der Waals surface area contributed by atoms with Crippen molar-refractivity contribution in [1.82, 2.24) is 0 Å². The maximum Gasteiger partial charge on any atom is 0.261 e. The molecule has 274 valence electrons. The molecule has 4 rings (SSSR count). The van der Waals surface area contributed by atoms with Crippen molar-refractivity contribution < 1.29 is 22.8 Å². The van der Waals surface area contributed by atoms with Crippen molar-refractivity contribution >= 4 is 35.3 Å². The fourth-order valence-corrected chi connectivity index (χ4v) is 14.1. The third-order valence-electron chi connectivity index (χ3n) is 11.9. The van der Waals surface area contributed by atoms with Crippen LogP contribution in [0.3, 0.4) is 0 Å². The monoisotopic (exact) mass is 724 g/mol. The van der Waals surface area contributed by atoms with Crippen LogP contribution in [0.25, 0.3) is 0 Å². The van der Waals surface area contributed by atoms with E-state index in [0.29, 0.717) is 6.61 Å². The molecule has 0 N–H and O–H groups in total. The molecule has 2 saturated heterocycles. The third kappa shape index (κ3) is 8.99. The number of ether oxygens (including phenoxy) is 2. The molecular weight excluding hydrogens is 657 g/mol. The van der Waals surface area contributed by atoms with Crippen molar-refractivity contribution in [2.45, 2.75) is 166 Å². The molecule has 0 unspecified atom stereocenters. The first-order valence-corrected chi connectivity index (χ1v) is 26.3. The van der Waals surface area contributed by atoms with Gasteiger partial charge in [0, 0.05) is 13.0 Å². The average Bonchev–Trinajstić information content (AvgIpc) is 3.89. The molecule has 5 nitrogen and oxygen atoms in total. The zero-order chi connectivity index (χ0) is 36.7. The Morgan fingerprint density at radius 2 is 1.27 bits per heavy atom. The molecule has 49 heavy (non-hydrogen) atoms. The zero-order valence-corrected chi connectivity index (χ0v) is 36.3. The number of hydrogen-bond donors (Lipinski definition) is 0. The van der Waals surface area contributed by atoms with Crippen LogP contribution in [0.15, 0.2) is 73.3 Å². The first-order valence-electron chi connectivity index (χ1n) is 18.5. The van der Waals surface area contributed by atoms with Crippen LogP contribution < -0.4 is 10.4 Å². The lowest BCUT2D eigenvalue weighted by molar-refractivity contribution is 0.110. The molecule has 0 amide bonds. The predicted molar refractivity (Wildman–Crippen MR) is 214 cm³/mol. The second kappa shape index (κ2) is 14.6. The Balaban J connectivity index is 1.54. The topological polar surface area (TPSA) is 52.8 Å². The van der Waals surface area contributed by atoms with Gasteiger partial charge in [0.15, 0.2) is 16.6 Å². The molecule has 2 aromatic rings. The molecule has 0 aromatic heterocycles. The van der Waals surface area contributed by atoms with Crippen LogP contribution in [-0.2, 0) is 22.8 Å². The minimum absolute atomic E-state index is 0.0102. The van der Waals surface area contributed by atoms with E-state index in [2.05, 4.69) is 163 Å². The Morgan fingerprint density at radius 3 is 1.71 bits per heavy atom. The van der Waals surface area contributed by atoms with Gasteiger partial charge in [0.25, 0.3) is 8.32 Å². The number of benzene rings is 2. The maximum absolute atomic E-state index is 7.35. The highest BCUT2D eigenvalue weighted by Gasteiger charge is 2.67. The molecule has 0 radical (unpaired) electrons. The van der Waals surface area contributed by atoms with E-state index in [0.717, 1.165) is 19.3 Å². The van der Waals surface area contributed by atoms with Crippen LogP contribution in [0.4, 0.5) is 0 Å².